The Hall–Kier alpha value is 0.651. The maximum atomic E-state index is 10.2. The molecule has 0 heterocycles. The Bertz CT molecular complexity index is 174. The molecule has 0 saturated heterocycles. The summed E-state index contributed by atoms with van der Waals surface area (Å²) in [6.07, 6.45) is 6.74. The van der Waals surface area contributed by atoms with Gasteiger partial charge in [-0.3, -0.25) is 0 Å². The Balaban J connectivity index is -0.000000154. The first kappa shape index (κ1) is 35.7. The molecule has 0 spiro atoms. The Morgan fingerprint density at radius 3 is 1.08 bits per heavy atom. The van der Waals surface area contributed by atoms with Gasteiger partial charge in [0.25, 0.3) is 0 Å². The first-order valence-electron chi connectivity index (χ1n) is 8.35. The average Bonchev–Trinajstić information content (AvgIpc) is 2.48. The standard InChI is InChI=1S/C12H28O4Si.C3H8O.2H2O.Ti/c1-4-7-10-14-17(13,15-11-8-5-2)16-12-9-6-3;1-2-3-4;;;/h13H,4-12H2,1-3H3;4H,2-3H2,1H3;2*1H2;. The number of hydrogen-bond acceptors (Lipinski definition) is 5. The number of rotatable bonds is 13. The normalized spacial score (nSPS) is 9.75. The molecule has 0 fully saturated rings. The monoisotopic (exact) mass is 408 g/mol. The van der Waals surface area contributed by atoms with Gasteiger partial charge in [0.1, 0.15) is 0 Å². The van der Waals surface area contributed by atoms with Crippen LogP contribution in [-0.4, -0.2) is 56.3 Å². The van der Waals surface area contributed by atoms with Crippen molar-refractivity contribution in [2.45, 2.75) is 72.6 Å². The van der Waals surface area contributed by atoms with Crippen LogP contribution in [0.2, 0.25) is 0 Å². The van der Waals surface area contributed by atoms with Gasteiger partial charge < -0.3 is 34.1 Å². The summed E-state index contributed by atoms with van der Waals surface area (Å²) in [5.74, 6) is 0. The van der Waals surface area contributed by atoms with Crippen LogP contribution in [0.1, 0.15) is 72.6 Å². The van der Waals surface area contributed by atoms with Gasteiger partial charge in [0.15, 0.2) is 0 Å². The van der Waals surface area contributed by atoms with E-state index in [0.717, 1.165) is 44.9 Å². The summed E-state index contributed by atoms with van der Waals surface area (Å²) >= 11 is 0. The van der Waals surface area contributed by atoms with Gasteiger partial charge >= 0.3 is 9.05 Å². The van der Waals surface area contributed by atoms with E-state index < -0.39 is 9.05 Å². The Morgan fingerprint density at radius 1 is 0.667 bits per heavy atom. The van der Waals surface area contributed by atoms with Gasteiger partial charge in [-0.15, -0.1) is 0 Å². The van der Waals surface area contributed by atoms with Crippen LogP contribution in [0.25, 0.3) is 0 Å². The average molecular weight is 408 g/mol. The number of unbranched alkanes of at least 4 members (excludes halogenated alkanes) is 3. The van der Waals surface area contributed by atoms with E-state index in [2.05, 4.69) is 20.8 Å². The molecule has 0 bridgehead atoms. The van der Waals surface area contributed by atoms with Crippen molar-refractivity contribution in [2.75, 3.05) is 26.4 Å². The second-order valence-electron chi connectivity index (χ2n) is 4.85. The van der Waals surface area contributed by atoms with Crippen LogP contribution in [0.15, 0.2) is 0 Å². The molecule has 0 unspecified atom stereocenters. The SMILES string of the molecule is CCCCO[Si](O)(OCCCC)OCCCC.CCCO.O.O.[Ti]. The van der Waals surface area contributed by atoms with Crippen molar-refractivity contribution in [2.24, 2.45) is 0 Å². The van der Waals surface area contributed by atoms with Gasteiger partial charge in [0.05, 0.1) is 0 Å². The van der Waals surface area contributed by atoms with E-state index in [-0.39, 0.29) is 32.7 Å². The Morgan fingerprint density at radius 2 is 0.917 bits per heavy atom. The molecule has 7 nitrogen and oxygen atoms in total. The molecular weight excluding hydrogens is 368 g/mol. The second kappa shape index (κ2) is 28.5. The summed E-state index contributed by atoms with van der Waals surface area (Å²) in [6, 6.07) is 0. The van der Waals surface area contributed by atoms with Crippen molar-refractivity contribution < 1.29 is 55.9 Å². The Labute approximate surface area is 164 Å². The fraction of sp³-hybridized carbons (Fsp3) is 1.00. The molecule has 0 aliphatic heterocycles. The largest absolute Gasteiger partial charge is 0.676 e. The third kappa shape index (κ3) is 27.5. The van der Waals surface area contributed by atoms with E-state index in [4.69, 9.17) is 18.4 Å². The van der Waals surface area contributed by atoms with Crippen LogP contribution in [0, 0.1) is 0 Å². The van der Waals surface area contributed by atoms with Crippen molar-refractivity contribution in [3.63, 3.8) is 0 Å². The topological polar surface area (TPSA) is 131 Å². The van der Waals surface area contributed by atoms with Crippen molar-refractivity contribution in [3.05, 3.63) is 0 Å². The predicted octanol–water partition coefficient (Wildman–Crippen LogP) is 1.60. The van der Waals surface area contributed by atoms with Crippen molar-refractivity contribution >= 4 is 9.05 Å². The van der Waals surface area contributed by atoms with E-state index in [1.807, 2.05) is 6.92 Å². The van der Waals surface area contributed by atoms with E-state index >= 15 is 0 Å². The van der Waals surface area contributed by atoms with Crippen molar-refractivity contribution in [1.82, 2.24) is 0 Å². The summed E-state index contributed by atoms with van der Waals surface area (Å²) in [5, 5.41) is 7.88. The predicted molar refractivity (Wildman–Crippen MR) is 95.2 cm³/mol. The van der Waals surface area contributed by atoms with E-state index in [0.29, 0.717) is 26.4 Å². The molecule has 0 saturated carbocycles. The third-order valence-corrected chi connectivity index (χ3v) is 4.28. The molecular formula is C15H40O7SiTi. The van der Waals surface area contributed by atoms with Gasteiger partial charge in [-0.2, -0.15) is 0 Å². The smallest absolute Gasteiger partial charge is 0.412 e. The zero-order valence-electron chi connectivity index (χ0n) is 15.9. The molecule has 24 heavy (non-hydrogen) atoms. The summed E-state index contributed by atoms with van der Waals surface area (Å²) < 4.78 is 16.2. The van der Waals surface area contributed by atoms with E-state index in [1.165, 1.54) is 0 Å². The van der Waals surface area contributed by atoms with Crippen LogP contribution < -0.4 is 0 Å². The van der Waals surface area contributed by atoms with Gasteiger partial charge in [0.2, 0.25) is 0 Å². The molecule has 0 rings (SSSR count). The fourth-order valence-corrected chi connectivity index (χ4v) is 2.62. The molecule has 9 heteroatoms. The summed E-state index contributed by atoms with van der Waals surface area (Å²) in [4.78, 5) is 10.2. The number of aliphatic hydroxyl groups is 1. The van der Waals surface area contributed by atoms with Crippen LogP contribution in [0.5, 0.6) is 0 Å². The quantitative estimate of drug-likeness (QED) is 0.353. The van der Waals surface area contributed by atoms with Crippen LogP contribution in [0.3, 0.4) is 0 Å². The molecule has 0 aliphatic carbocycles. The molecule has 6 N–H and O–H groups in total. The van der Waals surface area contributed by atoms with E-state index in [1.54, 1.807) is 0 Å². The molecule has 0 radical (unpaired) electrons. The minimum atomic E-state index is -3.36. The molecule has 0 aliphatic rings. The molecule has 0 aromatic carbocycles. The number of hydrogen-bond donors (Lipinski definition) is 2. The molecule has 0 amide bonds. The molecule has 0 atom stereocenters. The summed E-state index contributed by atoms with van der Waals surface area (Å²) in [7, 11) is -3.36. The zero-order chi connectivity index (χ0) is 16.4. The maximum Gasteiger partial charge on any atom is 0.676 e. The first-order chi connectivity index (χ1) is 10.1. The van der Waals surface area contributed by atoms with Gasteiger partial charge in [0, 0.05) is 48.1 Å². The van der Waals surface area contributed by atoms with Crippen molar-refractivity contribution in [3.8, 4) is 0 Å². The van der Waals surface area contributed by atoms with Crippen molar-refractivity contribution in [1.29, 1.82) is 0 Å². The number of aliphatic hydroxyl groups excluding tert-OH is 1. The summed E-state index contributed by atoms with van der Waals surface area (Å²) in [5.41, 5.74) is 0. The fourth-order valence-electron chi connectivity index (χ4n) is 1.16. The Kier molecular flexibility index (Phi) is 42.3. The van der Waals surface area contributed by atoms with Gasteiger partial charge in [-0.25, -0.2) is 0 Å². The van der Waals surface area contributed by atoms with Gasteiger partial charge in [-0.1, -0.05) is 47.0 Å². The van der Waals surface area contributed by atoms with Crippen LogP contribution >= 0.6 is 0 Å². The molecule has 0 aromatic rings. The summed E-state index contributed by atoms with van der Waals surface area (Å²) in [6.45, 7) is 10.0. The second-order valence-corrected chi connectivity index (χ2v) is 6.77. The van der Waals surface area contributed by atoms with Crippen LogP contribution in [-0.2, 0) is 35.0 Å². The third-order valence-electron chi connectivity index (χ3n) is 2.57. The molecule has 0 aromatic heterocycles. The minimum absolute atomic E-state index is 0. The maximum absolute atomic E-state index is 10.2. The minimum Gasteiger partial charge on any atom is -0.412 e. The first-order valence-corrected chi connectivity index (χ1v) is 10.0. The van der Waals surface area contributed by atoms with Crippen LogP contribution in [0.4, 0.5) is 0 Å². The zero-order valence-corrected chi connectivity index (χ0v) is 18.5. The molecule has 150 valence electrons. The van der Waals surface area contributed by atoms with E-state index in [9.17, 15) is 4.80 Å². The van der Waals surface area contributed by atoms with Gasteiger partial charge in [-0.05, 0) is 25.7 Å².